The normalized spacial score (nSPS) is 33.9. The second-order valence-electron chi connectivity index (χ2n) is 4.19. The summed E-state index contributed by atoms with van der Waals surface area (Å²) in [4.78, 5) is 0. The Morgan fingerprint density at radius 2 is 1.92 bits per heavy atom. The van der Waals surface area contributed by atoms with Gasteiger partial charge in [-0.1, -0.05) is 13.8 Å². The molecule has 1 aliphatic rings. The molecule has 0 bridgehead atoms. The smallest absolute Gasteiger partial charge is 0.166 e. The Morgan fingerprint density at radius 1 is 1.23 bits per heavy atom. The third kappa shape index (κ3) is 3.14. The number of thiocarbonyl (C=S) groups is 1. The summed E-state index contributed by atoms with van der Waals surface area (Å²) in [6.07, 6.45) is 3.83. The van der Waals surface area contributed by atoms with Gasteiger partial charge < -0.3 is 10.6 Å². The summed E-state index contributed by atoms with van der Waals surface area (Å²) in [5.41, 5.74) is 0. The fourth-order valence-electron chi connectivity index (χ4n) is 1.94. The van der Waals surface area contributed by atoms with Gasteiger partial charge in [0.1, 0.15) is 0 Å². The molecular formula is C10H20N2S. The second-order valence-corrected chi connectivity index (χ2v) is 4.60. The predicted octanol–water partition coefficient (Wildman–Crippen LogP) is 1.90. The molecule has 2 nitrogen and oxygen atoms in total. The van der Waals surface area contributed by atoms with E-state index in [1.165, 1.54) is 19.3 Å². The van der Waals surface area contributed by atoms with E-state index in [0.29, 0.717) is 6.04 Å². The molecule has 0 amide bonds. The lowest BCUT2D eigenvalue weighted by Gasteiger charge is -2.32. The van der Waals surface area contributed by atoms with E-state index in [-0.39, 0.29) is 0 Å². The minimum absolute atomic E-state index is 0.589. The third-order valence-electron chi connectivity index (χ3n) is 3.16. The summed E-state index contributed by atoms with van der Waals surface area (Å²) in [6, 6.07) is 0.589. The van der Waals surface area contributed by atoms with Gasteiger partial charge in [-0.2, -0.15) is 0 Å². The maximum Gasteiger partial charge on any atom is 0.166 e. The van der Waals surface area contributed by atoms with Gasteiger partial charge in [0, 0.05) is 13.1 Å². The zero-order valence-corrected chi connectivity index (χ0v) is 9.58. The summed E-state index contributed by atoms with van der Waals surface area (Å²) in [5, 5.41) is 7.08. The lowest BCUT2D eigenvalue weighted by atomic mass is 9.79. The van der Waals surface area contributed by atoms with Crippen LogP contribution in [0.15, 0.2) is 0 Å². The van der Waals surface area contributed by atoms with E-state index < -0.39 is 0 Å². The molecule has 1 fully saturated rings. The highest BCUT2D eigenvalue weighted by Gasteiger charge is 2.24. The standard InChI is InChI=1S/C10H20N2S/c1-7-4-5-9(6-8(7)2)12-10(13)11-3/h7-9H,4-6H2,1-3H3,(H2,11,12,13). The summed E-state index contributed by atoms with van der Waals surface area (Å²) in [6.45, 7) is 4.68. The second kappa shape index (κ2) is 4.80. The van der Waals surface area contributed by atoms with Crippen LogP contribution < -0.4 is 10.6 Å². The molecule has 2 N–H and O–H groups in total. The molecule has 0 spiro atoms. The molecule has 1 aliphatic carbocycles. The molecule has 3 atom stereocenters. The van der Waals surface area contributed by atoms with Gasteiger partial charge in [0.05, 0.1) is 0 Å². The average molecular weight is 200 g/mol. The maximum atomic E-state index is 5.08. The van der Waals surface area contributed by atoms with Gasteiger partial charge in [-0.3, -0.25) is 0 Å². The Hall–Kier alpha value is -0.310. The minimum atomic E-state index is 0.589. The first-order chi connectivity index (χ1) is 6.13. The molecule has 76 valence electrons. The maximum absolute atomic E-state index is 5.08. The zero-order chi connectivity index (χ0) is 9.84. The fraction of sp³-hybridized carbons (Fsp3) is 0.900. The largest absolute Gasteiger partial charge is 0.366 e. The number of hydrogen-bond donors (Lipinski definition) is 2. The third-order valence-corrected chi connectivity index (χ3v) is 3.48. The van der Waals surface area contributed by atoms with Crippen molar-refractivity contribution in [1.29, 1.82) is 0 Å². The van der Waals surface area contributed by atoms with Gasteiger partial charge in [0.25, 0.3) is 0 Å². The van der Waals surface area contributed by atoms with E-state index in [1.807, 2.05) is 7.05 Å². The van der Waals surface area contributed by atoms with Crippen molar-refractivity contribution < 1.29 is 0 Å². The van der Waals surface area contributed by atoms with Gasteiger partial charge in [-0.05, 0) is 43.3 Å². The highest BCUT2D eigenvalue weighted by atomic mass is 32.1. The van der Waals surface area contributed by atoms with Crippen LogP contribution in [0.5, 0.6) is 0 Å². The van der Waals surface area contributed by atoms with E-state index >= 15 is 0 Å². The lowest BCUT2D eigenvalue weighted by Crippen LogP contribution is -2.43. The first kappa shape index (κ1) is 10.8. The number of hydrogen-bond acceptors (Lipinski definition) is 1. The number of nitrogens with one attached hydrogen (secondary N) is 2. The molecule has 1 saturated carbocycles. The number of rotatable bonds is 1. The monoisotopic (exact) mass is 200 g/mol. The van der Waals surface area contributed by atoms with Gasteiger partial charge >= 0.3 is 0 Å². The van der Waals surface area contributed by atoms with Crippen LogP contribution in [-0.2, 0) is 0 Å². The van der Waals surface area contributed by atoms with Crippen LogP contribution in [0.4, 0.5) is 0 Å². The minimum Gasteiger partial charge on any atom is -0.366 e. The molecule has 3 heteroatoms. The Morgan fingerprint density at radius 3 is 2.46 bits per heavy atom. The van der Waals surface area contributed by atoms with Crippen molar-refractivity contribution in [3.8, 4) is 0 Å². The highest BCUT2D eigenvalue weighted by Crippen LogP contribution is 2.29. The summed E-state index contributed by atoms with van der Waals surface area (Å²) >= 11 is 5.08. The summed E-state index contributed by atoms with van der Waals surface area (Å²) in [7, 11) is 1.87. The van der Waals surface area contributed by atoms with Crippen LogP contribution in [0, 0.1) is 11.8 Å². The van der Waals surface area contributed by atoms with Crippen molar-refractivity contribution >= 4 is 17.3 Å². The molecule has 0 saturated heterocycles. The summed E-state index contributed by atoms with van der Waals surface area (Å²) < 4.78 is 0. The van der Waals surface area contributed by atoms with Crippen LogP contribution >= 0.6 is 12.2 Å². The molecule has 0 aromatic carbocycles. The highest BCUT2D eigenvalue weighted by molar-refractivity contribution is 7.80. The SMILES string of the molecule is CNC(=S)NC1CCC(C)C(C)C1. The Kier molecular flexibility index (Phi) is 3.97. The van der Waals surface area contributed by atoms with Crippen molar-refractivity contribution in [3.05, 3.63) is 0 Å². The van der Waals surface area contributed by atoms with Crippen LogP contribution in [-0.4, -0.2) is 18.2 Å². The van der Waals surface area contributed by atoms with Gasteiger partial charge in [-0.15, -0.1) is 0 Å². The molecule has 0 radical (unpaired) electrons. The van der Waals surface area contributed by atoms with Crippen molar-refractivity contribution in [3.63, 3.8) is 0 Å². The van der Waals surface area contributed by atoms with Crippen molar-refractivity contribution in [2.75, 3.05) is 7.05 Å². The summed E-state index contributed by atoms with van der Waals surface area (Å²) in [5.74, 6) is 1.70. The fourth-order valence-corrected chi connectivity index (χ4v) is 2.10. The van der Waals surface area contributed by atoms with Gasteiger partial charge in [0.2, 0.25) is 0 Å². The van der Waals surface area contributed by atoms with E-state index in [9.17, 15) is 0 Å². The van der Waals surface area contributed by atoms with E-state index in [2.05, 4.69) is 24.5 Å². The van der Waals surface area contributed by atoms with Crippen molar-refractivity contribution in [1.82, 2.24) is 10.6 Å². The molecule has 0 aromatic rings. The predicted molar refractivity (Wildman–Crippen MR) is 60.8 cm³/mol. The molecule has 1 rings (SSSR count). The Labute approximate surface area is 86.5 Å². The van der Waals surface area contributed by atoms with Crippen molar-refractivity contribution in [2.45, 2.75) is 39.2 Å². The van der Waals surface area contributed by atoms with Crippen LogP contribution in [0.3, 0.4) is 0 Å². The molecule has 0 aliphatic heterocycles. The van der Waals surface area contributed by atoms with Crippen LogP contribution in [0.2, 0.25) is 0 Å². The zero-order valence-electron chi connectivity index (χ0n) is 8.76. The van der Waals surface area contributed by atoms with Crippen LogP contribution in [0.1, 0.15) is 33.1 Å². The Balaban J connectivity index is 2.33. The van der Waals surface area contributed by atoms with E-state index in [0.717, 1.165) is 16.9 Å². The average Bonchev–Trinajstić information content (AvgIpc) is 2.11. The lowest BCUT2D eigenvalue weighted by molar-refractivity contribution is 0.240. The van der Waals surface area contributed by atoms with E-state index in [1.54, 1.807) is 0 Å². The van der Waals surface area contributed by atoms with Gasteiger partial charge in [-0.25, -0.2) is 0 Å². The molecule has 0 heterocycles. The van der Waals surface area contributed by atoms with Gasteiger partial charge in [0.15, 0.2) is 5.11 Å². The molecular weight excluding hydrogens is 180 g/mol. The molecule has 13 heavy (non-hydrogen) atoms. The quantitative estimate of drug-likeness (QED) is 0.632. The first-order valence-corrected chi connectivity index (χ1v) is 5.52. The first-order valence-electron chi connectivity index (χ1n) is 5.11. The molecule has 0 aromatic heterocycles. The molecule has 3 unspecified atom stereocenters. The Bertz CT molecular complexity index is 182. The van der Waals surface area contributed by atoms with E-state index in [4.69, 9.17) is 12.2 Å². The van der Waals surface area contributed by atoms with Crippen molar-refractivity contribution in [2.24, 2.45) is 11.8 Å². The van der Waals surface area contributed by atoms with Crippen LogP contribution in [0.25, 0.3) is 0 Å². The topological polar surface area (TPSA) is 24.1 Å².